The second-order valence-corrected chi connectivity index (χ2v) is 11.1. The fourth-order valence-electron chi connectivity index (χ4n) is 5.52. The number of aromatic carboxylic acids is 1. The molecule has 42 heavy (non-hydrogen) atoms. The number of likely N-dealkylation sites (tertiary alicyclic amines) is 1. The predicted molar refractivity (Wildman–Crippen MR) is 156 cm³/mol. The zero-order valence-electron chi connectivity index (χ0n) is 22.9. The van der Waals surface area contributed by atoms with E-state index in [9.17, 15) is 14.3 Å². The first-order valence-corrected chi connectivity index (χ1v) is 14.4. The maximum atomic E-state index is 14.6. The highest BCUT2D eigenvalue weighted by atomic mass is 35.5. The molecule has 2 aliphatic rings. The monoisotopic (exact) mass is 588 g/mol. The van der Waals surface area contributed by atoms with E-state index in [-0.39, 0.29) is 30.1 Å². The van der Waals surface area contributed by atoms with Gasteiger partial charge in [0.25, 0.3) is 5.88 Å². The van der Waals surface area contributed by atoms with E-state index < -0.39 is 11.8 Å². The summed E-state index contributed by atoms with van der Waals surface area (Å²) in [7, 11) is 0. The first kappa shape index (κ1) is 28.2. The molecule has 0 aliphatic carbocycles. The lowest BCUT2D eigenvalue weighted by molar-refractivity contribution is -0.0592. The molecule has 1 N–H and O–H groups in total. The fraction of sp³-hybridized carbons (Fsp3) is 0.344. The van der Waals surface area contributed by atoms with Crippen molar-refractivity contribution < 1.29 is 23.8 Å². The molecule has 0 bridgehead atoms. The van der Waals surface area contributed by atoms with Gasteiger partial charge in [-0.3, -0.25) is 4.90 Å². The van der Waals surface area contributed by atoms with Gasteiger partial charge in [0, 0.05) is 34.4 Å². The largest absolute Gasteiger partial charge is 0.478 e. The lowest BCUT2D eigenvalue weighted by atomic mass is 9.93. The van der Waals surface area contributed by atoms with Crippen LogP contribution in [0.25, 0.3) is 11.0 Å². The number of fused-ring (bicyclic) bond motifs is 1. The van der Waals surface area contributed by atoms with E-state index in [4.69, 9.17) is 32.5 Å². The minimum Gasteiger partial charge on any atom is -0.478 e. The molecule has 4 heterocycles. The van der Waals surface area contributed by atoms with Crippen LogP contribution in [0.5, 0.6) is 5.88 Å². The molecule has 0 radical (unpaired) electrons. The minimum absolute atomic E-state index is 0.0420. The second-order valence-electron chi connectivity index (χ2n) is 10.7. The summed E-state index contributed by atoms with van der Waals surface area (Å²) in [6, 6.07) is 13.4. The summed E-state index contributed by atoms with van der Waals surface area (Å²) in [6.45, 7) is 3.75. The fourth-order valence-corrected chi connectivity index (χ4v) is 5.75. The zero-order chi connectivity index (χ0) is 29.2. The van der Waals surface area contributed by atoms with Crippen LogP contribution >= 0.6 is 11.6 Å². The zero-order valence-corrected chi connectivity index (χ0v) is 23.7. The number of aromatic nitrogens is 3. The predicted octanol–water partition coefficient (Wildman–Crippen LogP) is 5.65. The van der Waals surface area contributed by atoms with Gasteiger partial charge in [-0.15, -0.1) is 6.42 Å². The molecule has 0 spiro atoms. The van der Waals surface area contributed by atoms with Gasteiger partial charge >= 0.3 is 5.97 Å². The molecule has 2 aromatic heterocycles. The number of carbonyl (C=O) groups is 1. The van der Waals surface area contributed by atoms with Crippen LogP contribution in [0.3, 0.4) is 0 Å². The Hall–Kier alpha value is -3.97. The number of piperidine rings is 1. The molecular weight excluding hydrogens is 559 g/mol. The van der Waals surface area contributed by atoms with E-state index in [1.54, 1.807) is 42.5 Å². The normalized spacial score (nSPS) is 17.6. The van der Waals surface area contributed by atoms with Gasteiger partial charge in [0.2, 0.25) is 0 Å². The number of nitrogens with zero attached hydrogens (tertiary/aromatic N) is 4. The summed E-state index contributed by atoms with van der Waals surface area (Å²) in [5.74, 6) is 2.08. The Labute approximate surface area is 248 Å². The van der Waals surface area contributed by atoms with Crippen LogP contribution in [0.2, 0.25) is 5.02 Å². The van der Waals surface area contributed by atoms with Crippen molar-refractivity contribution in [1.82, 2.24) is 19.4 Å². The molecule has 2 fully saturated rings. The Balaban J connectivity index is 1.12. The molecule has 2 aromatic carbocycles. The van der Waals surface area contributed by atoms with Crippen molar-refractivity contribution >= 4 is 28.6 Å². The van der Waals surface area contributed by atoms with E-state index in [1.165, 1.54) is 6.07 Å². The van der Waals surface area contributed by atoms with Crippen LogP contribution < -0.4 is 4.74 Å². The number of pyridine rings is 1. The van der Waals surface area contributed by atoms with Crippen molar-refractivity contribution in [2.45, 2.75) is 51.0 Å². The highest BCUT2D eigenvalue weighted by Gasteiger charge is 2.26. The van der Waals surface area contributed by atoms with Crippen molar-refractivity contribution in [3.63, 3.8) is 0 Å². The molecular formula is C32H30ClFN4O4. The number of ether oxygens (including phenoxy) is 2. The number of terminal acetylenes is 1. The SMILES string of the molecule is C#Cc1ccc(COc2nc(C3CCN(Cc4nc5ccc(C(=O)O)cc5n4C[C@@H]4CCO4)CC3)ccc2F)c(Cl)c1. The molecule has 6 rings (SSSR count). The average molecular weight is 589 g/mol. The van der Waals surface area contributed by atoms with Crippen LogP contribution in [-0.2, 0) is 24.4 Å². The lowest BCUT2D eigenvalue weighted by Gasteiger charge is -2.32. The maximum Gasteiger partial charge on any atom is 0.335 e. The van der Waals surface area contributed by atoms with Crippen molar-refractivity contribution in [3.8, 4) is 18.2 Å². The molecule has 2 saturated heterocycles. The van der Waals surface area contributed by atoms with Gasteiger partial charge in [0.15, 0.2) is 5.82 Å². The quantitative estimate of drug-likeness (QED) is 0.253. The number of rotatable bonds is 9. The molecule has 0 saturated carbocycles. The van der Waals surface area contributed by atoms with Gasteiger partial charge < -0.3 is 19.1 Å². The molecule has 0 amide bonds. The van der Waals surface area contributed by atoms with Gasteiger partial charge in [0.1, 0.15) is 12.4 Å². The Morgan fingerprint density at radius 2 is 1.95 bits per heavy atom. The number of imidazole rings is 1. The van der Waals surface area contributed by atoms with Gasteiger partial charge in [-0.05, 0) is 74.8 Å². The van der Waals surface area contributed by atoms with E-state index in [0.29, 0.717) is 29.2 Å². The Morgan fingerprint density at radius 3 is 2.64 bits per heavy atom. The minimum atomic E-state index is -0.960. The van der Waals surface area contributed by atoms with Crippen LogP contribution in [0.15, 0.2) is 48.5 Å². The van der Waals surface area contributed by atoms with Gasteiger partial charge in [0.05, 0.1) is 35.8 Å². The summed E-state index contributed by atoms with van der Waals surface area (Å²) in [4.78, 5) is 23.3. The van der Waals surface area contributed by atoms with Gasteiger partial charge in [-0.25, -0.2) is 19.2 Å². The van der Waals surface area contributed by atoms with E-state index in [0.717, 1.165) is 61.5 Å². The van der Waals surface area contributed by atoms with Crippen LogP contribution in [0, 0.1) is 18.2 Å². The third-order valence-electron chi connectivity index (χ3n) is 8.04. The Kier molecular flexibility index (Phi) is 8.11. The van der Waals surface area contributed by atoms with Crippen molar-refractivity contribution in [2.75, 3.05) is 19.7 Å². The van der Waals surface area contributed by atoms with E-state index >= 15 is 0 Å². The maximum absolute atomic E-state index is 14.6. The standard InChI is InChI=1S/C32H30ClFN4O4/c1-2-20-3-4-23(25(33)15-20)19-42-31-26(34)6-8-27(36-31)21-9-12-37(13-10-21)18-30-35-28-7-5-22(32(39)40)16-29(28)38(30)17-24-11-14-41-24/h1,3-8,15-16,21,24H,9-14,17-19H2,(H,39,40)/t24-/m0/s1. The number of hydrogen-bond acceptors (Lipinski definition) is 6. The Bertz CT molecular complexity index is 1670. The number of benzene rings is 2. The molecule has 0 unspecified atom stereocenters. The molecule has 1 atom stereocenters. The number of hydrogen-bond donors (Lipinski definition) is 1. The highest BCUT2D eigenvalue weighted by molar-refractivity contribution is 6.31. The van der Waals surface area contributed by atoms with E-state index in [1.807, 2.05) is 0 Å². The molecule has 2 aliphatic heterocycles. The summed E-state index contributed by atoms with van der Waals surface area (Å²) in [5.41, 5.74) is 4.00. The first-order valence-electron chi connectivity index (χ1n) is 14.0. The topological polar surface area (TPSA) is 89.7 Å². The summed E-state index contributed by atoms with van der Waals surface area (Å²) < 4.78 is 28.1. The van der Waals surface area contributed by atoms with Crippen molar-refractivity contribution in [2.24, 2.45) is 0 Å². The summed E-state index contributed by atoms with van der Waals surface area (Å²) in [6.07, 6.45) is 8.22. The molecule has 4 aromatic rings. The summed E-state index contributed by atoms with van der Waals surface area (Å²) in [5, 5.41) is 9.96. The third-order valence-corrected chi connectivity index (χ3v) is 8.40. The number of halogens is 2. The molecule has 10 heteroatoms. The van der Waals surface area contributed by atoms with Crippen LogP contribution in [0.1, 0.15) is 58.2 Å². The van der Waals surface area contributed by atoms with Crippen LogP contribution in [0.4, 0.5) is 4.39 Å². The van der Waals surface area contributed by atoms with Crippen molar-refractivity contribution in [1.29, 1.82) is 0 Å². The lowest BCUT2D eigenvalue weighted by Crippen LogP contribution is -2.35. The van der Waals surface area contributed by atoms with E-state index in [2.05, 4.69) is 20.4 Å². The number of carboxylic acid groups (broad SMARTS) is 1. The van der Waals surface area contributed by atoms with Crippen LogP contribution in [-0.4, -0.2) is 56.3 Å². The third kappa shape index (κ3) is 5.97. The highest BCUT2D eigenvalue weighted by Crippen LogP contribution is 2.31. The first-order chi connectivity index (χ1) is 20.4. The molecule has 216 valence electrons. The van der Waals surface area contributed by atoms with Crippen molar-refractivity contribution in [3.05, 3.63) is 87.6 Å². The second kappa shape index (κ2) is 12.1. The van der Waals surface area contributed by atoms with Gasteiger partial charge in [-0.2, -0.15) is 0 Å². The number of carboxylic acids is 1. The Morgan fingerprint density at radius 1 is 1.14 bits per heavy atom. The summed E-state index contributed by atoms with van der Waals surface area (Å²) >= 11 is 6.30. The molecule has 8 nitrogen and oxygen atoms in total. The van der Waals surface area contributed by atoms with Gasteiger partial charge in [-0.1, -0.05) is 23.6 Å². The average Bonchev–Trinajstić information content (AvgIpc) is 3.31. The smallest absolute Gasteiger partial charge is 0.335 e.